The molecule has 2 N–H and O–H groups in total. The van der Waals surface area contributed by atoms with Crippen molar-refractivity contribution in [2.24, 2.45) is 0 Å². The lowest BCUT2D eigenvalue weighted by molar-refractivity contribution is -0.140. The Kier molecular flexibility index (Phi) is 6.84. The van der Waals surface area contributed by atoms with Crippen LogP contribution in [0.15, 0.2) is 48.5 Å². The second kappa shape index (κ2) is 9.94. The van der Waals surface area contributed by atoms with Crippen LogP contribution < -0.4 is 5.32 Å². The van der Waals surface area contributed by atoms with Gasteiger partial charge in [0.2, 0.25) is 0 Å². The van der Waals surface area contributed by atoms with Gasteiger partial charge < -0.3 is 24.6 Å². The van der Waals surface area contributed by atoms with E-state index in [-0.39, 0.29) is 31.7 Å². The Labute approximate surface area is 181 Å². The summed E-state index contributed by atoms with van der Waals surface area (Å²) in [5.41, 5.74) is 4.49. The van der Waals surface area contributed by atoms with Gasteiger partial charge in [-0.25, -0.2) is 9.59 Å². The number of nitrogens with one attached hydrogen (secondary N) is 1. The molecule has 1 heterocycles. The van der Waals surface area contributed by atoms with Crippen LogP contribution in [0.25, 0.3) is 11.1 Å². The zero-order chi connectivity index (χ0) is 21.6. The molecule has 31 heavy (non-hydrogen) atoms. The first-order valence-electron chi connectivity index (χ1n) is 10.7. The lowest BCUT2D eigenvalue weighted by atomic mass is 9.98. The Balaban J connectivity index is 1.31. The fourth-order valence-corrected chi connectivity index (χ4v) is 4.23. The standard InChI is InChI=1S/C24H27NO6/c26-23(27)22(11-14-30-16-9-12-29-13-10-16)25-24(28)31-15-21-19-7-3-1-5-17(19)18-6-2-4-8-20(18)21/h1-8,16,21-22H,9-15H2,(H,25,28)(H,26,27). The van der Waals surface area contributed by atoms with Crippen LogP contribution in [0.3, 0.4) is 0 Å². The number of carbonyl (C=O) groups is 2. The molecule has 0 aromatic heterocycles. The molecule has 1 amide bonds. The topological polar surface area (TPSA) is 94.1 Å². The highest BCUT2D eigenvalue weighted by Gasteiger charge is 2.29. The smallest absolute Gasteiger partial charge is 0.407 e. The van der Waals surface area contributed by atoms with Crippen LogP contribution >= 0.6 is 0 Å². The maximum absolute atomic E-state index is 12.3. The maximum atomic E-state index is 12.3. The summed E-state index contributed by atoms with van der Waals surface area (Å²) in [6.07, 6.45) is 1.13. The molecule has 1 atom stereocenters. The van der Waals surface area contributed by atoms with Crippen molar-refractivity contribution in [3.63, 3.8) is 0 Å². The molecule has 1 saturated heterocycles. The summed E-state index contributed by atoms with van der Waals surface area (Å²) in [5.74, 6) is -1.18. The van der Waals surface area contributed by atoms with E-state index in [0.717, 1.165) is 35.1 Å². The Morgan fingerprint density at radius 3 is 2.26 bits per heavy atom. The van der Waals surface area contributed by atoms with E-state index < -0.39 is 18.1 Å². The summed E-state index contributed by atoms with van der Waals surface area (Å²) in [5, 5.41) is 11.9. The molecule has 0 radical (unpaired) electrons. The van der Waals surface area contributed by atoms with E-state index in [0.29, 0.717) is 13.2 Å². The van der Waals surface area contributed by atoms with Gasteiger partial charge in [-0.05, 0) is 35.1 Å². The predicted molar refractivity (Wildman–Crippen MR) is 114 cm³/mol. The minimum atomic E-state index is -1.11. The Hall–Kier alpha value is -2.90. The summed E-state index contributed by atoms with van der Waals surface area (Å²) in [7, 11) is 0. The predicted octanol–water partition coefficient (Wildman–Crippen LogP) is 3.56. The van der Waals surface area contributed by atoms with Gasteiger partial charge in [-0.2, -0.15) is 0 Å². The molecule has 1 fully saturated rings. The van der Waals surface area contributed by atoms with Gasteiger partial charge in [0.05, 0.1) is 6.10 Å². The number of fused-ring (bicyclic) bond motifs is 3. The fraction of sp³-hybridized carbons (Fsp3) is 0.417. The number of carboxylic acid groups (broad SMARTS) is 1. The van der Waals surface area contributed by atoms with Gasteiger partial charge in [-0.1, -0.05) is 48.5 Å². The van der Waals surface area contributed by atoms with Gasteiger partial charge in [0.1, 0.15) is 12.6 Å². The number of hydrogen-bond donors (Lipinski definition) is 2. The molecule has 1 aliphatic heterocycles. The Morgan fingerprint density at radius 2 is 1.65 bits per heavy atom. The van der Waals surface area contributed by atoms with Crippen LogP contribution in [-0.2, 0) is 19.0 Å². The van der Waals surface area contributed by atoms with E-state index >= 15 is 0 Å². The molecule has 4 rings (SSSR count). The van der Waals surface area contributed by atoms with Crippen molar-refractivity contribution in [2.45, 2.75) is 37.3 Å². The van der Waals surface area contributed by atoms with Gasteiger partial charge in [0.15, 0.2) is 0 Å². The average molecular weight is 425 g/mol. The molecule has 2 aromatic carbocycles. The van der Waals surface area contributed by atoms with E-state index in [1.807, 2.05) is 36.4 Å². The number of amides is 1. The third-order valence-electron chi connectivity index (χ3n) is 5.86. The van der Waals surface area contributed by atoms with Crippen molar-refractivity contribution in [3.05, 3.63) is 59.7 Å². The van der Waals surface area contributed by atoms with Crippen molar-refractivity contribution in [3.8, 4) is 11.1 Å². The second-order valence-corrected chi connectivity index (χ2v) is 7.83. The zero-order valence-electron chi connectivity index (χ0n) is 17.3. The van der Waals surface area contributed by atoms with E-state index in [1.54, 1.807) is 0 Å². The molecular formula is C24H27NO6. The maximum Gasteiger partial charge on any atom is 0.407 e. The van der Waals surface area contributed by atoms with Gasteiger partial charge >= 0.3 is 12.1 Å². The zero-order valence-corrected chi connectivity index (χ0v) is 17.3. The van der Waals surface area contributed by atoms with Gasteiger partial charge in [-0.15, -0.1) is 0 Å². The highest BCUT2D eigenvalue weighted by Crippen LogP contribution is 2.44. The van der Waals surface area contributed by atoms with Crippen molar-refractivity contribution >= 4 is 12.1 Å². The number of hydrogen-bond acceptors (Lipinski definition) is 5. The highest BCUT2D eigenvalue weighted by atomic mass is 16.5. The number of alkyl carbamates (subject to hydrolysis) is 1. The third kappa shape index (κ3) is 5.06. The number of carboxylic acids is 1. The lowest BCUT2D eigenvalue weighted by Crippen LogP contribution is -2.42. The molecule has 2 aliphatic rings. The van der Waals surface area contributed by atoms with Crippen molar-refractivity contribution in [1.29, 1.82) is 0 Å². The minimum absolute atomic E-state index is 0.0710. The minimum Gasteiger partial charge on any atom is -0.480 e. The van der Waals surface area contributed by atoms with E-state index in [1.165, 1.54) is 0 Å². The number of carbonyl (C=O) groups excluding carboxylic acids is 1. The van der Waals surface area contributed by atoms with Crippen LogP contribution in [0.1, 0.15) is 36.3 Å². The monoisotopic (exact) mass is 425 g/mol. The Bertz CT molecular complexity index is 878. The largest absolute Gasteiger partial charge is 0.480 e. The normalized spacial score (nSPS) is 16.9. The van der Waals surface area contributed by atoms with Crippen molar-refractivity contribution < 1.29 is 28.9 Å². The molecule has 2 aromatic rings. The summed E-state index contributed by atoms with van der Waals surface area (Å²) in [6.45, 7) is 1.71. The van der Waals surface area contributed by atoms with E-state index in [9.17, 15) is 14.7 Å². The fourth-order valence-electron chi connectivity index (χ4n) is 4.23. The molecule has 0 saturated carbocycles. The first-order valence-corrected chi connectivity index (χ1v) is 10.7. The van der Waals surface area contributed by atoms with Crippen LogP contribution in [-0.4, -0.2) is 55.7 Å². The number of ether oxygens (including phenoxy) is 3. The summed E-state index contributed by atoms with van der Waals surface area (Å²) >= 11 is 0. The van der Waals surface area contributed by atoms with E-state index in [4.69, 9.17) is 14.2 Å². The SMILES string of the molecule is O=C(NC(CCOC1CCOCC1)C(=O)O)OCC1c2ccccc2-c2ccccc21. The number of rotatable bonds is 8. The number of aliphatic carboxylic acids is 1. The average Bonchev–Trinajstić information content (AvgIpc) is 3.11. The molecule has 164 valence electrons. The van der Waals surface area contributed by atoms with Crippen LogP contribution in [0.4, 0.5) is 4.79 Å². The highest BCUT2D eigenvalue weighted by molar-refractivity contribution is 5.81. The first-order chi connectivity index (χ1) is 15.1. The molecule has 7 nitrogen and oxygen atoms in total. The third-order valence-corrected chi connectivity index (χ3v) is 5.86. The molecular weight excluding hydrogens is 398 g/mol. The summed E-state index contributed by atoms with van der Waals surface area (Å²) in [6, 6.07) is 15.1. The number of benzene rings is 2. The molecule has 0 spiro atoms. The second-order valence-electron chi connectivity index (χ2n) is 7.83. The lowest BCUT2D eigenvalue weighted by Gasteiger charge is -2.23. The van der Waals surface area contributed by atoms with E-state index in [2.05, 4.69) is 17.4 Å². The molecule has 1 unspecified atom stereocenters. The van der Waals surface area contributed by atoms with Gasteiger partial charge in [0.25, 0.3) is 0 Å². The van der Waals surface area contributed by atoms with Gasteiger partial charge in [0, 0.05) is 32.2 Å². The molecule has 0 bridgehead atoms. The van der Waals surface area contributed by atoms with Crippen LogP contribution in [0.2, 0.25) is 0 Å². The first kappa shape index (κ1) is 21.3. The van der Waals surface area contributed by atoms with Crippen molar-refractivity contribution in [2.75, 3.05) is 26.4 Å². The Morgan fingerprint density at radius 1 is 1.03 bits per heavy atom. The molecule has 7 heteroatoms. The quantitative estimate of drug-likeness (QED) is 0.672. The summed E-state index contributed by atoms with van der Waals surface area (Å²) < 4.78 is 16.5. The van der Waals surface area contributed by atoms with Gasteiger partial charge in [-0.3, -0.25) is 0 Å². The van der Waals surface area contributed by atoms with Crippen molar-refractivity contribution in [1.82, 2.24) is 5.32 Å². The van der Waals surface area contributed by atoms with Crippen LogP contribution in [0, 0.1) is 0 Å². The summed E-state index contributed by atoms with van der Waals surface area (Å²) in [4.78, 5) is 23.9. The van der Waals surface area contributed by atoms with Crippen LogP contribution in [0.5, 0.6) is 0 Å². The molecule has 1 aliphatic carbocycles.